The van der Waals surface area contributed by atoms with Crippen LogP contribution < -0.4 is 15.4 Å². The van der Waals surface area contributed by atoms with Gasteiger partial charge in [-0.2, -0.15) is 13.2 Å². The molecule has 1 aromatic carbocycles. The fourth-order valence-electron chi connectivity index (χ4n) is 3.53. The van der Waals surface area contributed by atoms with Crippen molar-refractivity contribution < 1.29 is 31.9 Å². The fraction of sp³-hybridized carbons (Fsp3) is 0.217. The van der Waals surface area contributed by atoms with E-state index < -0.39 is 35.8 Å². The van der Waals surface area contributed by atoms with Crippen molar-refractivity contribution in [2.24, 2.45) is 7.05 Å². The summed E-state index contributed by atoms with van der Waals surface area (Å²) in [6.07, 6.45) is -2.36. The number of halogens is 3. The van der Waals surface area contributed by atoms with Gasteiger partial charge in [0.1, 0.15) is 6.26 Å². The number of nitrogens with one attached hydrogen (secondary N) is 2. The summed E-state index contributed by atoms with van der Waals surface area (Å²) in [4.78, 5) is 28.9. The average molecular weight is 487 g/mol. The number of alkyl halides is 3. The molecule has 0 radical (unpaired) electrons. The Morgan fingerprint density at radius 1 is 1.14 bits per heavy atom. The molecule has 3 aromatic heterocycles. The summed E-state index contributed by atoms with van der Waals surface area (Å²) in [5.41, 5.74) is 0.619. The Labute approximate surface area is 196 Å². The molecule has 0 saturated carbocycles. The minimum Gasteiger partial charge on any atom is -0.472 e. The second kappa shape index (κ2) is 9.12. The van der Waals surface area contributed by atoms with Gasteiger partial charge in [0, 0.05) is 18.4 Å². The Balaban J connectivity index is 1.50. The van der Waals surface area contributed by atoms with Crippen molar-refractivity contribution in [2.75, 3.05) is 17.2 Å². The first-order valence-corrected chi connectivity index (χ1v) is 10.3. The van der Waals surface area contributed by atoms with E-state index >= 15 is 0 Å². The number of rotatable bonds is 6. The summed E-state index contributed by atoms with van der Waals surface area (Å²) in [7, 11) is 1.67. The van der Waals surface area contributed by atoms with Crippen LogP contribution in [-0.4, -0.2) is 33.2 Å². The molecule has 0 aliphatic carbocycles. The number of aryl methyl sites for hydroxylation is 3. The molecule has 0 saturated heterocycles. The van der Waals surface area contributed by atoms with Gasteiger partial charge >= 0.3 is 6.18 Å². The predicted octanol–water partition coefficient (Wildman–Crippen LogP) is 4.47. The predicted molar refractivity (Wildman–Crippen MR) is 120 cm³/mol. The third-order valence-corrected chi connectivity index (χ3v) is 5.07. The molecule has 4 aromatic rings. The quantitative estimate of drug-likeness (QED) is 0.415. The van der Waals surface area contributed by atoms with Crippen LogP contribution in [0.15, 0.2) is 47.3 Å². The number of aromatic nitrogens is 3. The maximum absolute atomic E-state index is 13.7. The van der Waals surface area contributed by atoms with Crippen LogP contribution in [0.25, 0.3) is 11.0 Å². The van der Waals surface area contributed by atoms with Gasteiger partial charge in [0.2, 0.25) is 5.88 Å². The Bertz CT molecular complexity index is 1410. The molecule has 0 aliphatic heterocycles. The molecule has 3 heterocycles. The standard InChI is InChI=1S/C23H20F3N5O4/c1-12-8-13(2)27-20-19(12)22(30-31(20)3)35-11-18(32)29-17-5-4-15(9-16(17)23(24,25)26)28-21(33)14-6-7-34-10-14/h4-10H,11H2,1-3H3,(H,28,33)(H,29,32). The van der Waals surface area contributed by atoms with Gasteiger partial charge in [-0.3, -0.25) is 9.59 Å². The summed E-state index contributed by atoms with van der Waals surface area (Å²) >= 11 is 0. The molecule has 4 rings (SSSR count). The van der Waals surface area contributed by atoms with Crippen molar-refractivity contribution in [2.45, 2.75) is 20.0 Å². The van der Waals surface area contributed by atoms with Crippen LogP contribution in [0.3, 0.4) is 0 Å². The first-order chi connectivity index (χ1) is 16.5. The van der Waals surface area contributed by atoms with Crippen molar-refractivity contribution in [1.82, 2.24) is 14.8 Å². The smallest absolute Gasteiger partial charge is 0.418 e. The Hall–Kier alpha value is -4.35. The van der Waals surface area contributed by atoms with E-state index in [4.69, 9.17) is 9.15 Å². The number of ether oxygens (including phenoxy) is 1. The lowest BCUT2D eigenvalue weighted by Gasteiger charge is -2.16. The monoisotopic (exact) mass is 487 g/mol. The lowest BCUT2D eigenvalue weighted by Crippen LogP contribution is -2.23. The highest BCUT2D eigenvalue weighted by Crippen LogP contribution is 2.37. The van der Waals surface area contributed by atoms with Crippen LogP contribution in [0.5, 0.6) is 5.88 Å². The highest BCUT2D eigenvalue weighted by molar-refractivity contribution is 6.04. The molecule has 0 aliphatic rings. The number of pyridine rings is 1. The zero-order valence-corrected chi connectivity index (χ0v) is 18.9. The summed E-state index contributed by atoms with van der Waals surface area (Å²) in [5.74, 6) is -1.31. The number of anilines is 2. The molecule has 0 bridgehead atoms. The molecule has 0 spiro atoms. The molecule has 35 heavy (non-hydrogen) atoms. The van der Waals surface area contributed by atoms with E-state index in [1.165, 1.54) is 23.1 Å². The molecule has 9 nitrogen and oxygen atoms in total. The summed E-state index contributed by atoms with van der Waals surface area (Å²) in [6, 6.07) is 6.24. The van der Waals surface area contributed by atoms with Gasteiger partial charge in [-0.1, -0.05) is 0 Å². The Morgan fingerprint density at radius 2 is 1.91 bits per heavy atom. The molecule has 0 atom stereocenters. The minimum atomic E-state index is -4.79. The lowest BCUT2D eigenvalue weighted by atomic mass is 10.1. The van der Waals surface area contributed by atoms with Gasteiger partial charge in [0.25, 0.3) is 11.8 Å². The van der Waals surface area contributed by atoms with E-state index in [1.807, 2.05) is 19.9 Å². The minimum absolute atomic E-state index is 0.101. The highest BCUT2D eigenvalue weighted by atomic mass is 19.4. The summed E-state index contributed by atoms with van der Waals surface area (Å²) in [6.45, 7) is 3.10. The zero-order valence-electron chi connectivity index (χ0n) is 18.9. The number of amides is 2. The molecule has 0 fully saturated rings. The van der Waals surface area contributed by atoms with E-state index in [2.05, 4.69) is 20.7 Å². The molecule has 0 unspecified atom stereocenters. The van der Waals surface area contributed by atoms with Gasteiger partial charge in [-0.15, -0.1) is 5.10 Å². The largest absolute Gasteiger partial charge is 0.472 e. The number of carbonyl (C=O) groups is 2. The number of nitrogens with zero attached hydrogens (tertiary/aromatic N) is 3. The third-order valence-electron chi connectivity index (χ3n) is 5.07. The van der Waals surface area contributed by atoms with Gasteiger partial charge in [-0.05, 0) is 49.7 Å². The molecule has 12 heteroatoms. The lowest BCUT2D eigenvalue weighted by molar-refractivity contribution is -0.137. The van der Waals surface area contributed by atoms with Gasteiger partial charge in [0.05, 0.1) is 28.5 Å². The number of carbonyl (C=O) groups excluding carboxylic acids is 2. The van der Waals surface area contributed by atoms with Crippen LogP contribution in [0.1, 0.15) is 27.2 Å². The molecule has 182 valence electrons. The zero-order chi connectivity index (χ0) is 25.3. The maximum Gasteiger partial charge on any atom is 0.418 e. The van der Waals surface area contributed by atoms with E-state index in [9.17, 15) is 22.8 Å². The third kappa shape index (κ3) is 5.10. The second-order valence-corrected chi connectivity index (χ2v) is 7.77. The normalized spacial score (nSPS) is 11.5. The van der Waals surface area contributed by atoms with Crippen molar-refractivity contribution in [3.05, 3.63) is 65.2 Å². The van der Waals surface area contributed by atoms with E-state index in [-0.39, 0.29) is 17.1 Å². The molecule has 2 N–H and O–H groups in total. The number of hydrogen-bond acceptors (Lipinski definition) is 6. The maximum atomic E-state index is 13.7. The molecular weight excluding hydrogens is 467 g/mol. The number of fused-ring (bicyclic) bond motifs is 1. The van der Waals surface area contributed by atoms with Crippen LogP contribution in [0.4, 0.5) is 24.5 Å². The molecule has 2 amide bonds. The van der Waals surface area contributed by atoms with Crippen molar-refractivity contribution in [3.8, 4) is 5.88 Å². The highest BCUT2D eigenvalue weighted by Gasteiger charge is 2.34. The first-order valence-electron chi connectivity index (χ1n) is 10.3. The van der Waals surface area contributed by atoms with Crippen LogP contribution in [0.2, 0.25) is 0 Å². The van der Waals surface area contributed by atoms with Gasteiger partial charge < -0.3 is 19.8 Å². The average Bonchev–Trinajstić information content (AvgIpc) is 3.41. The van der Waals surface area contributed by atoms with Crippen molar-refractivity contribution in [3.63, 3.8) is 0 Å². The van der Waals surface area contributed by atoms with Crippen LogP contribution in [0, 0.1) is 13.8 Å². The number of hydrogen-bond donors (Lipinski definition) is 2. The first kappa shape index (κ1) is 23.8. The fourth-order valence-corrected chi connectivity index (χ4v) is 3.53. The number of furan rings is 1. The van der Waals surface area contributed by atoms with E-state index in [0.717, 1.165) is 29.7 Å². The Kier molecular flexibility index (Phi) is 6.20. The second-order valence-electron chi connectivity index (χ2n) is 7.77. The SMILES string of the molecule is Cc1cc(C)c2c(OCC(=O)Nc3ccc(NC(=O)c4ccoc4)cc3C(F)(F)F)nn(C)c2n1. The van der Waals surface area contributed by atoms with Gasteiger partial charge in [0.15, 0.2) is 12.3 Å². The van der Waals surface area contributed by atoms with Crippen molar-refractivity contribution in [1.29, 1.82) is 0 Å². The van der Waals surface area contributed by atoms with E-state index in [1.54, 1.807) is 7.05 Å². The van der Waals surface area contributed by atoms with Crippen LogP contribution >= 0.6 is 0 Å². The number of benzene rings is 1. The Morgan fingerprint density at radius 3 is 2.60 bits per heavy atom. The van der Waals surface area contributed by atoms with Gasteiger partial charge in [-0.25, -0.2) is 9.67 Å². The van der Waals surface area contributed by atoms with Crippen LogP contribution in [-0.2, 0) is 18.0 Å². The summed E-state index contributed by atoms with van der Waals surface area (Å²) in [5, 5.41) is 9.40. The summed E-state index contributed by atoms with van der Waals surface area (Å²) < 4.78 is 52.8. The van der Waals surface area contributed by atoms with E-state index in [0.29, 0.717) is 11.0 Å². The topological polar surface area (TPSA) is 111 Å². The molecular formula is C23H20F3N5O4. The van der Waals surface area contributed by atoms with Crippen molar-refractivity contribution >= 4 is 34.2 Å².